The molecule has 0 bridgehead atoms. The first-order valence-electron chi connectivity index (χ1n) is 8.07. The number of benzene rings is 1. The Morgan fingerprint density at radius 2 is 2.04 bits per heavy atom. The fraction of sp³-hybridized carbons (Fsp3) is 0.368. The lowest BCUT2D eigenvalue weighted by Gasteiger charge is -2.14. The molecule has 24 heavy (non-hydrogen) atoms. The Hall–Kier alpha value is -2.01. The van der Waals surface area contributed by atoms with E-state index in [1.54, 1.807) is 25.1 Å². The standard InChI is InChI=1S/C19H24N2O2S/c1-15(6-7-16-8-10-18(23-2)11-9-16)21-19(22)14-24-13-17-5-3-4-12-20-17/h3-5,8-12,15H,6-7,13-14H2,1-2H3,(H,21,22)/t15-/m0/s1. The van der Waals surface area contributed by atoms with E-state index >= 15 is 0 Å². The number of thioether (sulfide) groups is 1. The van der Waals surface area contributed by atoms with Crippen LogP contribution in [0.1, 0.15) is 24.6 Å². The monoisotopic (exact) mass is 344 g/mol. The van der Waals surface area contributed by atoms with Crippen molar-refractivity contribution in [3.05, 3.63) is 59.9 Å². The molecule has 0 radical (unpaired) electrons. The molecule has 0 saturated heterocycles. The number of carbonyl (C=O) groups excluding carboxylic acids is 1. The van der Waals surface area contributed by atoms with Gasteiger partial charge in [0.05, 0.1) is 18.6 Å². The molecule has 1 amide bonds. The number of nitrogens with one attached hydrogen (secondary N) is 1. The number of hydrogen-bond donors (Lipinski definition) is 1. The molecule has 1 N–H and O–H groups in total. The van der Waals surface area contributed by atoms with Gasteiger partial charge in [0.1, 0.15) is 5.75 Å². The second-order valence-electron chi connectivity index (χ2n) is 5.67. The summed E-state index contributed by atoms with van der Waals surface area (Å²) in [6.45, 7) is 2.05. The number of pyridine rings is 1. The number of rotatable bonds is 9. The number of nitrogens with zero attached hydrogens (tertiary/aromatic N) is 1. The Morgan fingerprint density at radius 1 is 1.25 bits per heavy atom. The summed E-state index contributed by atoms with van der Waals surface area (Å²) in [6.07, 6.45) is 3.63. The van der Waals surface area contributed by atoms with Crippen LogP contribution in [0, 0.1) is 0 Å². The van der Waals surface area contributed by atoms with E-state index in [1.165, 1.54) is 5.56 Å². The fourth-order valence-electron chi connectivity index (χ4n) is 2.30. The zero-order valence-electron chi connectivity index (χ0n) is 14.2. The highest BCUT2D eigenvalue weighted by Crippen LogP contribution is 2.13. The zero-order valence-corrected chi connectivity index (χ0v) is 15.0. The number of hydrogen-bond acceptors (Lipinski definition) is 4. The van der Waals surface area contributed by atoms with Gasteiger partial charge in [-0.1, -0.05) is 18.2 Å². The quantitative estimate of drug-likeness (QED) is 0.757. The lowest BCUT2D eigenvalue weighted by molar-refractivity contribution is -0.119. The van der Waals surface area contributed by atoms with Gasteiger partial charge in [-0.2, -0.15) is 0 Å². The van der Waals surface area contributed by atoms with Gasteiger partial charge in [-0.25, -0.2) is 0 Å². The minimum absolute atomic E-state index is 0.0816. The van der Waals surface area contributed by atoms with E-state index in [2.05, 4.69) is 22.4 Å². The molecule has 0 spiro atoms. The van der Waals surface area contributed by atoms with Crippen molar-refractivity contribution in [2.45, 2.75) is 31.6 Å². The van der Waals surface area contributed by atoms with Crippen LogP contribution in [-0.4, -0.2) is 29.8 Å². The van der Waals surface area contributed by atoms with Crippen LogP contribution in [0.5, 0.6) is 5.75 Å². The number of methoxy groups -OCH3 is 1. The van der Waals surface area contributed by atoms with E-state index in [9.17, 15) is 4.79 Å². The van der Waals surface area contributed by atoms with Gasteiger partial charge in [0.2, 0.25) is 5.91 Å². The van der Waals surface area contributed by atoms with Crippen LogP contribution >= 0.6 is 11.8 Å². The van der Waals surface area contributed by atoms with Crippen molar-refractivity contribution in [1.29, 1.82) is 0 Å². The summed E-state index contributed by atoms with van der Waals surface area (Å²) >= 11 is 1.59. The largest absolute Gasteiger partial charge is 0.497 e. The van der Waals surface area contributed by atoms with Crippen LogP contribution in [0.4, 0.5) is 0 Å². The predicted molar refractivity (Wildman–Crippen MR) is 99.3 cm³/mol. The van der Waals surface area contributed by atoms with Crippen molar-refractivity contribution in [2.75, 3.05) is 12.9 Å². The van der Waals surface area contributed by atoms with Crippen molar-refractivity contribution in [2.24, 2.45) is 0 Å². The summed E-state index contributed by atoms with van der Waals surface area (Å²) in [7, 11) is 1.67. The molecule has 1 aromatic carbocycles. The molecule has 1 atom stereocenters. The Labute approximate surface area is 148 Å². The van der Waals surface area contributed by atoms with Gasteiger partial charge in [0, 0.05) is 18.0 Å². The zero-order chi connectivity index (χ0) is 17.2. The summed E-state index contributed by atoms with van der Waals surface area (Å²) in [6, 6.07) is 14.1. The van der Waals surface area contributed by atoms with Crippen molar-refractivity contribution in [3.63, 3.8) is 0 Å². The maximum absolute atomic E-state index is 12.0. The molecule has 0 aliphatic rings. The Kier molecular flexibility index (Phi) is 7.62. The third-order valence-corrected chi connectivity index (χ3v) is 4.61. The second-order valence-corrected chi connectivity index (χ2v) is 6.65. The number of aryl methyl sites for hydroxylation is 1. The average Bonchev–Trinajstić information content (AvgIpc) is 2.61. The van der Waals surface area contributed by atoms with E-state index in [0.29, 0.717) is 5.75 Å². The SMILES string of the molecule is COc1ccc(CC[C@H](C)NC(=O)CSCc2ccccn2)cc1. The molecule has 1 aromatic heterocycles. The van der Waals surface area contributed by atoms with Gasteiger partial charge in [0.25, 0.3) is 0 Å². The van der Waals surface area contributed by atoms with Crippen molar-refractivity contribution in [1.82, 2.24) is 10.3 Å². The highest BCUT2D eigenvalue weighted by molar-refractivity contribution is 7.99. The summed E-state index contributed by atoms with van der Waals surface area (Å²) in [5.41, 5.74) is 2.25. The Bertz CT molecular complexity index is 617. The van der Waals surface area contributed by atoms with Crippen LogP contribution in [-0.2, 0) is 17.0 Å². The molecule has 0 saturated carbocycles. The van der Waals surface area contributed by atoms with Gasteiger partial charge >= 0.3 is 0 Å². The molecule has 5 heteroatoms. The highest BCUT2D eigenvalue weighted by Gasteiger charge is 2.08. The molecular weight excluding hydrogens is 320 g/mol. The first-order chi connectivity index (χ1) is 11.7. The van der Waals surface area contributed by atoms with Crippen LogP contribution in [0.2, 0.25) is 0 Å². The summed E-state index contributed by atoms with van der Waals surface area (Å²) in [5.74, 6) is 2.17. The van der Waals surface area contributed by atoms with E-state index in [-0.39, 0.29) is 11.9 Å². The normalized spacial score (nSPS) is 11.8. The van der Waals surface area contributed by atoms with Gasteiger partial charge in [-0.05, 0) is 49.6 Å². The minimum Gasteiger partial charge on any atom is -0.497 e. The molecule has 1 heterocycles. The van der Waals surface area contributed by atoms with Gasteiger partial charge < -0.3 is 10.1 Å². The molecule has 2 rings (SSSR count). The summed E-state index contributed by atoms with van der Waals surface area (Å²) in [4.78, 5) is 16.2. The number of amides is 1. The fourth-order valence-corrected chi connectivity index (χ4v) is 3.05. The van der Waals surface area contributed by atoms with Crippen LogP contribution in [0.3, 0.4) is 0 Å². The predicted octanol–water partition coefficient (Wildman–Crippen LogP) is 3.46. The van der Waals surface area contributed by atoms with Crippen LogP contribution in [0.25, 0.3) is 0 Å². The van der Waals surface area contributed by atoms with Gasteiger partial charge in [-0.15, -0.1) is 11.8 Å². The maximum Gasteiger partial charge on any atom is 0.230 e. The topological polar surface area (TPSA) is 51.2 Å². The van der Waals surface area contributed by atoms with Crippen molar-refractivity contribution < 1.29 is 9.53 Å². The molecule has 2 aromatic rings. The Morgan fingerprint density at radius 3 is 2.71 bits per heavy atom. The number of aromatic nitrogens is 1. The third kappa shape index (κ3) is 6.62. The Balaban J connectivity index is 1.63. The van der Waals surface area contributed by atoms with Crippen LogP contribution in [0.15, 0.2) is 48.7 Å². The highest BCUT2D eigenvalue weighted by atomic mass is 32.2. The van der Waals surface area contributed by atoms with Gasteiger partial charge in [0.15, 0.2) is 0 Å². The average molecular weight is 344 g/mol. The van der Waals surface area contributed by atoms with E-state index < -0.39 is 0 Å². The lowest BCUT2D eigenvalue weighted by atomic mass is 10.1. The molecule has 128 valence electrons. The molecule has 4 nitrogen and oxygen atoms in total. The number of carbonyl (C=O) groups is 1. The summed E-state index contributed by atoms with van der Waals surface area (Å²) in [5, 5.41) is 3.05. The first-order valence-corrected chi connectivity index (χ1v) is 9.23. The molecular formula is C19H24N2O2S. The van der Waals surface area contributed by atoms with Crippen molar-refractivity contribution in [3.8, 4) is 5.75 Å². The molecule has 0 aliphatic heterocycles. The van der Waals surface area contributed by atoms with E-state index in [0.717, 1.165) is 30.0 Å². The number of ether oxygens (including phenoxy) is 1. The third-order valence-electron chi connectivity index (χ3n) is 3.64. The van der Waals surface area contributed by atoms with E-state index in [4.69, 9.17) is 4.74 Å². The van der Waals surface area contributed by atoms with E-state index in [1.807, 2.05) is 37.3 Å². The molecule has 0 fully saturated rings. The minimum atomic E-state index is 0.0816. The molecule has 0 aliphatic carbocycles. The first kappa shape index (κ1) is 18.3. The smallest absolute Gasteiger partial charge is 0.230 e. The second kappa shape index (κ2) is 9.98. The van der Waals surface area contributed by atoms with Crippen molar-refractivity contribution >= 4 is 17.7 Å². The van der Waals surface area contributed by atoms with Gasteiger partial charge in [-0.3, -0.25) is 9.78 Å². The molecule has 0 unspecified atom stereocenters. The van der Waals surface area contributed by atoms with Crippen LogP contribution < -0.4 is 10.1 Å². The summed E-state index contributed by atoms with van der Waals surface area (Å²) < 4.78 is 5.15. The maximum atomic E-state index is 12.0. The lowest BCUT2D eigenvalue weighted by Crippen LogP contribution is -2.34.